The third-order valence-corrected chi connectivity index (χ3v) is 7.84. The summed E-state index contributed by atoms with van der Waals surface area (Å²) in [7, 11) is 0. The molecule has 0 unspecified atom stereocenters. The number of rotatable bonds is 8. The first-order valence-electron chi connectivity index (χ1n) is 11.0. The number of nitrogens with one attached hydrogen (secondary N) is 1. The van der Waals surface area contributed by atoms with Gasteiger partial charge >= 0.3 is 0 Å². The zero-order valence-corrected chi connectivity index (χ0v) is 18.0. The Labute approximate surface area is 172 Å². The molecule has 4 fully saturated rings. The Morgan fingerprint density at radius 3 is 2.36 bits per heavy atom. The van der Waals surface area contributed by atoms with Gasteiger partial charge in [0.2, 0.25) is 11.8 Å². The van der Waals surface area contributed by atoms with Crippen molar-refractivity contribution in [2.24, 2.45) is 23.2 Å². The highest BCUT2D eigenvalue weighted by molar-refractivity contribution is 7.15. The Kier molecular flexibility index (Phi) is 5.77. The SMILES string of the molecule is CCCCCN(CC(=O)Nc1ncc(C)s1)C(=O)C12CC3CC(CC(C3)C1)C2. The number of aryl methyl sites for hydroxylation is 1. The van der Waals surface area contributed by atoms with Gasteiger partial charge in [-0.1, -0.05) is 19.8 Å². The van der Waals surface area contributed by atoms with Crippen LogP contribution in [-0.2, 0) is 9.59 Å². The molecule has 0 atom stereocenters. The second kappa shape index (κ2) is 8.13. The van der Waals surface area contributed by atoms with Gasteiger partial charge in [-0.25, -0.2) is 4.98 Å². The molecule has 0 aromatic carbocycles. The third kappa shape index (κ3) is 4.12. The molecular formula is C22H33N3O2S. The minimum Gasteiger partial charge on any atom is -0.333 e. The van der Waals surface area contributed by atoms with Gasteiger partial charge in [0.1, 0.15) is 0 Å². The molecule has 0 spiro atoms. The number of hydrogen-bond acceptors (Lipinski definition) is 4. The first-order valence-corrected chi connectivity index (χ1v) is 11.8. The van der Waals surface area contributed by atoms with Crippen molar-refractivity contribution in [3.05, 3.63) is 11.1 Å². The second-order valence-electron chi connectivity index (χ2n) is 9.46. The Morgan fingerprint density at radius 2 is 1.82 bits per heavy atom. The standard InChI is InChI=1S/C22H33N3O2S/c1-3-4-5-6-25(14-19(26)24-21-23-13-15(2)28-21)20(27)22-10-16-7-17(11-22)9-18(8-16)12-22/h13,16-18H,3-12,14H2,1-2H3,(H,23,24,26). The van der Waals surface area contributed by atoms with E-state index in [0.29, 0.717) is 11.7 Å². The van der Waals surface area contributed by atoms with E-state index in [1.807, 2.05) is 11.8 Å². The highest BCUT2D eigenvalue weighted by atomic mass is 32.1. The van der Waals surface area contributed by atoms with Crippen molar-refractivity contribution in [2.45, 2.75) is 71.6 Å². The summed E-state index contributed by atoms with van der Waals surface area (Å²) in [6.07, 6.45) is 12.1. The fraction of sp³-hybridized carbons (Fsp3) is 0.773. The largest absolute Gasteiger partial charge is 0.333 e. The van der Waals surface area contributed by atoms with Gasteiger partial charge in [0.15, 0.2) is 5.13 Å². The maximum absolute atomic E-state index is 13.7. The van der Waals surface area contributed by atoms with E-state index in [9.17, 15) is 9.59 Å². The molecule has 4 aliphatic carbocycles. The molecule has 1 heterocycles. The number of aromatic nitrogens is 1. The molecule has 4 saturated carbocycles. The highest BCUT2D eigenvalue weighted by Gasteiger charge is 2.55. The van der Waals surface area contributed by atoms with Crippen LogP contribution in [0.3, 0.4) is 0 Å². The predicted octanol–water partition coefficient (Wildman–Crippen LogP) is 4.63. The number of carbonyl (C=O) groups is 2. The number of anilines is 1. The fourth-order valence-corrected chi connectivity index (χ4v) is 6.94. The van der Waals surface area contributed by atoms with Gasteiger partial charge in [-0.15, -0.1) is 11.3 Å². The molecule has 154 valence electrons. The van der Waals surface area contributed by atoms with Crippen molar-refractivity contribution in [1.82, 2.24) is 9.88 Å². The van der Waals surface area contributed by atoms with E-state index in [1.165, 1.54) is 30.6 Å². The zero-order chi connectivity index (χ0) is 19.7. The average Bonchev–Trinajstić information content (AvgIpc) is 3.04. The van der Waals surface area contributed by atoms with Crippen LogP contribution in [0.15, 0.2) is 6.20 Å². The topological polar surface area (TPSA) is 62.3 Å². The summed E-state index contributed by atoms with van der Waals surface area (Å²) in [4.78, 5) is 33.5. The lowest BCUT2D eigenvalue weighted by Crippen LogP contribution is -2.55. The summed E-state index contributed by atoms with van der Waals surface area (Å²) >= 11 is 1.47. The average molecular weight is 404 g/mol. The highest BCUT2D eigenvalue weighted by Crippen LogP contribution is 2.60. The van der Waals surface area contributed by atoms with Gasteiger partial charge in [0, 0.05) is 17.6 Å². The van der Waals surface area contributed by atoms with Crippen LogP contribution in [0.4, 0.5) is 5.13 Å². The number of amides is 2. The molecule has 4 bridgehead atoms. The monoisotopic (exact) mass is 403 g/mol. The van der Waals surface area contributed by atoms with Crippen LogP contribution >= 0.6 is 11.3 Å². The van der Waals surface area contributed by atoms with E-state index >= 15 is 0 Å². The lowest BCUT2D eigenvalue weighted by Gasteiger charge is -2.56. The molecule has 28 heavy (non-hydrogen) atoms. The Morgan fingerprint density at radius 1 is 1.18 bits per heavy atom. The third-order valence-electron chi connectivity index (χ3n) is 7.01. The maximum atomic E-state index is 13.7. The van der Waals surface area contributed by atoms with Gasteiger partial charge < -0.3 is 10.2 Å². The van der Waals surface area contributed by atoms with E-state index in [-0.39, 0.29) is 23.8 Å². The predicted molar refractivity (Wildman–Crippen MR) is 112 cm³/mol. The second-order valence-corrected chi connectivity index (χ2v) is 10.7. The van der Waals surface area contributed by atoms with Gasteiger partial charge in [0.25, 0.3) is 0 Å². The van der Waals surface area contributed by atoms with Crippen LogP contribution in [0.25, 0.3) is 0 Å². The van der Waals surface area contributed by atoms with Crippen LogP contribution in [-0.4, -0.2) is 34.8 Å². The first-order chi connectivity index (χ1) is 13.5. The van der Waals surface area contributed by atoms with E-state index in [2.05, 4.69) is 17.2 Å². The normalized spacial score (nSPS) is 30.4. The lowest BCUT2D eigenvalue weighted by molar-refractivity contribution is -0.158. The molecular weight excluding hydrogens is 370 g/mol. The Bertz CT molecular complexity index is 694. The summed E-state index contributed by atoms with van der Waals surface area (Å²) < 4.78 is 0. The van der Waals surface area contributed by atoms with Crippen molar-refractivity contribution in [3.8, 4) is 0 Å². The summed E-state index contributed by atoms with van der Waals surface area (Å²) in [5.74, 6) is 2.34. The number of carbonyl (C=O) groups excluding carboxylic acids is 2. The van der Waals surface area contributed by atoms with E-state index in [4.69, 9.17) is 0 Å². The van der Waals surface area contributed by atoms with Crippen molar-refractivity contribution in [1.29, 1.82) is 0 Å². The van der Waals surface area contributed by atoms with Gasteiger partial charge in [-0.05, 0) is 69.6 Å². The minimum atomic E-state index is -0.182. The van der Waals surface area contributed by atoms with Crippen LogP contribution in [0.2, 0.25) is 0 Å². The van der Waals surface area contributed by atoms with E-state index in [1.54, 1.807) is 6.20 Å². The maximum Gasteiger partial charge on any atom is 0.245 e. The van der Waals surface area contributed by atoms with Crippen LogP contribution < -0.4 is 5.32 Å². The quantitative estimate of drug-likeness (QED) is 0.644. The van der Waals surface area contributed by atoms with E-state index < -0.39 is 0 Å². The molecule has 0 aliphatic heterocycles. The van der Waals surface area contributed by atoms with Crippen molar-refractivity contribution in [3.63, 3.8) is 0 Å². The molecule has 2 amide bonds. The number of hydrogen-bond donors (Lipinski definition) is 1. The molecule has 4 aliphatic rings. The van der Waals surface area contributed by atoms with Crippen LogP contribution in [0.5, 0.6) is 0 Å². The molecule has 5 rings (SSSR count). The van der Waals surface area contributed by atoms with Crippen molar-refractivity contribution < 1.29 is 9.59 Å². The molecule has 5 nitrogen and oxygen atoms in total. The number of thiazole rings is 1. The van der Waals surface area contributed by atoms with Gasteiger partial charge in [-0.3, -0.25) is 9.59 Å². The summed E-state index contributed by atoms with van der Waals surface area (Å²) in [6.45, 7) is 4.99. The first kappa shape index (κ1) is 19.9. The van der Waals surface area contributed by atoms with Crippen LogP contribution in [0, 0.1) is 30.1 Å². The summed E-state index contributed by atoms with van der Waals surface area (Å²) in [5, 5.41) is 3.51. The van der Waals surface area contributed by atoms with Gasteiger partial charge in [0.05, 0.1) is 12.0 Å². The van der Waals surface area contributed by atoms with Crippen molar-refractivity contribution >= 4 is 28.3 Å². The van der Waals surface area contributed by atoms with Crippen molar-refractivity contribution in [2.75, 3.05) is 18.4 Å². The van der Waals surface area contributed by atoms with Gasteiger partial charge in [-0.2, -0.15) is 0 Å². The zero-order valence-electron chi connectivity index (χ0n) is 17.2. The smallest absolute Gasteiger partial charge is 0.245 e. The van der Waals surface area contributed by atoms with Crippen LogP contribution in [0.1, 0.15) is 69.6 Å². The molecule has 1 aromatic rings. The molecule has 0 radical (unpaired) electrons. The molecule has 6 heteroatoms. The molecule has 1 aromatic heterocycles. The minimum absolute atomic E-state index is 0.121. The Hall–Kier alpha value is -1.43. The molecule has 1 N–H and O–H groups in total. The number of unbranched alkanes of at least 4 members (excludes halogenated alkanes) is 2. The summed E-state index contributed by atoms with van der Waals surface area (Å²) in [6, 6.07) is 0. The lowest BCUT2D eigenvalue weighted by atomic mass is 9.49. The molecule has 0 saturated heterocycles. The fourth-order valence-electron chi connectivity index (χ4n) is 6.26. The Balaban J connectivity index is 1.45. The van der Waals surface area contributed by atoms with E-state index in [0.717, 1.165) is 61.2 Å². The summed E-state index contributed by atoms with van der Waals surface area (Å²) in [5.41, 5.74) is -0.182. The number of nitrogens with zero attached hydrogens (tertiary/aromatic N) is 2.